The summed E-state index contributed by atoms with van der Waals surface area (Å²) in [4.78, 5) is 0. The van der Waals surface area contributed by atoms with E-state index >= 15 is 0 Å². The zero-order chi connectivity index (χ0) is 7.28. The van der Waals surface area contributed by atoms with Gasteiger partial charge in [0.25, 0.3) is 0 Å². The van der Waals surface area contributed by atoms with Crippen molar-refractivity contribution in [1.82, 2.24) is 0 Å². The lowest BCUT2D eigenvalue weighted by Crippen LogP contribution is -1.76. The Balaban J connectivity index is 3.71. The van der Waals surface area contributed by atoms with Crippen LogP contribution in [-0.4, -0.2) is 7.11 Å². The molecule has 50 valence electrons. The minimum absolute atomic E-state index is 0.651. The van der Waals surface area contributed by atoms with Crippen molar-refractivity contribution in [2.24, 2.45) is 0 Å². The van der Waals surface area contributed by atoms with Crippen LogP contribution in [-0.2, 0) is 4.74 Å². The average molecular weight is 124 g/mol. The van der Waals surface area contributed by atoms with Gasteiger partial charge in [-0.2, -0.15) is 0 Å². The Kier molecular flexibility index (Phi) is 3.52. The van der Waals surface area contributed by atoms with E-state index in [0.717, 1.165) is 5.57 Å². The van der Waals surface area contributed by atoms with E-state index in [1.54, 1.807) is 13.2 Å². The van der Waals surface area contributed by atoms with Crippen LogP contribution in [0.1, 0.15) is 6.92 Å². The molecule has 0 heterocycles. The van der Waals surface area contributed by atoms with Crippen molar-refractivity contribution in [2.45, 2.75) is 6.92 Å². The second-order valence-electron chi connectivity index (χ2n) is 1.85. The zero-order valence-corrected chi connectivity index (χ0v) is 5.98. The van der Waals surface area contributed by atoms with Gasteiger partial charge in [0.1, 0.15) is 5.76 Å². The molecule has 1 nitrogen and oxygen atoms in total. The van der Waals surface area contributed by atoms with E-state index in [-0.39, 0.29) is 0 Å². The van der Waals surface area contributed by atoms with E-state index in [1.165, 1.54) is 0 Å². The maximum absolute atomic E-state index is 4.78. The highest BCUT2D eigenvalue weighted by Crippen LogP contribution is 1.96. The van der Waals surface area contributed by atoms with E-state index in [2.05, 4.69) is 13.2 Å². The molecule has 0 aliphatic rings. The molecule has 0 atom stereocenters. The first-order valence-electron chi connectivity index (χ1n) is 2.73. The van der Waals surface area contributed by atoms with Gasteiger partial charge in [-0.1, -0.05) is 24.8 Å². The van der Waals surface area contributed by atoms with Gasteiger partial charge in [0.05, 0.1) is 7.11 Å². The van der Waals surface area contributed by atoms with Gasteiger partial charge in [-0.15, -0.1) is 0 Å². The predicted molar refractivity (Wildman–Crippen MR) is 40.1 cm³/mol. The number of hydrogen-bond acceptors (Lipinski definition) is 1. The Morgan fingerprint density at radius 3 is 2.22 bits per heavy atom. The smallest absolute Gasteiger partial charge is 0.111 e. The van der Waals surface area contributed by atoms with E-state index in [1.807, 2.05) is 13.0 Å². The number of rotatable bonds is 3. The van der Waals surface area contributed by atoms with Crippen LogP contribution < -0.4 is 0 Å². The van der Waals surface area contributed by atoms with Gasteiger partial charge < -0.3 is 4.74 Å². The van der Waals surface area contributed by atoms with Gasteiger partial charge in [-0.25, -0.2) is 0 Å². The highest BCUT2D eigenvalue weighted by Gasteiger charge is 1.79. The number of ether oxygens (including phenoxy) is 1. The molecule has 0 N–H and O–H groups in total. The molecular formula is C8H12O. The fourth-order valence-corrected chi connectivity index (χ4v) is 0.303. The summed E-state index contributed by atoms with van der Waals surface area (Å²) >= 11 is 0. The quantitative estimate of drug-likeness (QED) is 0.414. The van der Waals surface area contributed by atoms with E-state index in [0.29, 0.717) is 5.76 Å². The fourth-order valence-electron chi connectivity index (χ4n) is 0.303. The van der Waals surface area contributed by atoms with E-state index in [9.17, 15) is 0 Å². The van der Waals surface area contributed by atoms with Gasteiger partial charge in [0.2, 0.25) is 0 Å². The van der Waals surface area contributed by atoms with Crippen molar-refractivity contribution < 1.29 is 4.74 Å². The summed E-state index contributed by atoms with van der Waals surface area (Å²) in [6.45, 7) is 9.19. The zero-order valence-electron chi connectivity index (χ0n) is 5.98. The molecule has 0 aliphatic heterocycles. The van der Waals surface area contributed by atoms with Gasteiger partial charge in [0, 0.05) is 0 Å². The normalized spacial score (nSPS) is 9.56. The number of hydrogen-bond donors (Lipinski definition) is 0. The van der Waals surface area contributed by atoms with Crippen molar-refractivity contribution in [3.05, 3.63) is 36.6 Å². The van der Waals surface area contributed by atoms with Crippen molar-refractivity contribution in [3.8, 4) is 0 Å². The monoisotopic (exact) mass is 124 g/mol. The van der Waals surface area contributed by atoms with Crippen molar-refractivity contribution in [3.63, 3.8) is 0 Å². The Labute approximate surface area is 56.3 Å². The Bertz CT molecular complexity index is 143. The molecule has 0 aromatic rings. The SMILES string of the molecule is C=C(C)C=CC(=C)OC. The summed E-state index contributed by atoms with van der Waals surface area (Å²) in [5.41, 5.74) is 0.994. The summed E-state index contributed by atoms with van der Waals surface area (Å²) < 4.78 is 4.78. The molecule has 1 heteroatoms. The molecule has 0 aromatic carbocycles. The first-order valence-corrected chi connectivity index (χ1v) is 2.73. The summed E-state index contributed by atoms with van der Waals surface area (Å²) in [5.74, 6) is 0.651. The van der Waals surface area contributed by atoms with Gasteiger partial charge in [-0.3, -0.25) is 0 Å². The number of allylic oxidation sites excluding steroid dienone is 3. The van der Waals surface area contributed by atoms with Crippen molar-refractivity contribution in [2.75, 3.05) is 7.11 Å². The van der Waals surface area contributed by atoms with E-state index in [4.69, 9.17) is 4.74 Å². The summed E-state index contributed by atoms with van der Waals surface area (Å²) in [6, 6.07) is 0. The lowest BCUT2D eigenvalue weighted by molar-refractivity contribution is 0.309. The topological polar surface area (TPSA) is 9.23 Å². The molecule has 0 aliphatic carbocycles. The maximum atomic E-state index is 4.78. The Hall–Kier alpha value is -0.980. The molecule has 0 aromatic heterocycles. The second-order valence-corrected chi connectivity index (χ2v) is 1.85. The summed E-state index contributed by atoms with van der Waals surface area (Å²) in [6.07, 6.45) is 3.63. The standard InChI is InChI=1S/C8H12O/c1-7(2)5-6-8(3)9-4/h5-6H,1,3H2,2,4H3. The largest absolute Gasteiger partial charge is 0.497 e. The molecule has 0 rings (SSSR count). The van der Waals surface area contributed by atoms with E-state index < -0.39 is 0 Å². The average Bonchev–Trinajstić information content (AvgIpc) is 1.83. The van der Waals surface area contributed by atoms with Crippen LogP contribution in [0.3, 0.4) is 0 Å². The minimum Gasteiger partial charge on any atom is -0.497 e. The van der Waals surface area contributed by atoms with Gasteiger partial charge in [-0.05, 0) is 13.0 Å². The van der Waals surface area contributed by atoms with Crippen LogP contribution in [0.2, 0.25) is 0 Å². The minimum atomic E-state index is 0.651. The lowest BCUT2D eigenvalue weighted by atomic mass is 10.3. The molecule has 0 spiro atoms. The summed E-state index contributed by atoms with van der Waals surface area (Å²) in [7, 11) is 1.59. The van der Waals surface area contributed by atoms with Crippen LogP contribution in [0.25, 0.3) is 0 Å². The first-order chi connectivity index (χ1) is 4.16. The molecule has 0 saturated carbocycles. The molecule has 0 amide bonds. The summed E-state index contributed by atoms with van der Waals surface area (Å²) in [5, 5.41) is 0. The molecule has 9 heavy (non-hydrogen) atoms. The molecule has 0 radical (unpaired) electrons. The van der Waals surface area contributed by atoms with Crippen LogP contribution in [0.5, 0.6) is 0 Å². The van der Waals surface area contributed by atoms with Crippen LogP contribution in [0.4, 0.5) is 0 Å². The molecular weight excluding hydrogens is 112 g/mol. The third-order valence-electron chi connectivity index (χ3n) is 0.816. The Morgan fingerprint density at radius 1 is 1.33 bits per heavy atom. The van der Waals surface area contributed by atoms with Crippen LogP contribution in [0, 0.1) is 0 Å². The first kappa shape index (κ1) is 8.02. The number of methoxy groups -OCH3 is 1. The molecule has 0 fully saturated rings. The third kappa shape index (κ3) is 4.88. The highest BCUT2D eigenvalue weighted by molar-refractivity contribution is 5.18. The highest BCUT2D eigenvalue weighted by atomic mass is 16.5. The third-order valence-corrected chi connectivity index (χ3v) is 0.816. The lowest BCUT2D eigenvalue weighted by Gasteiger charge is -1.93. The molecule has 0 saturated heterocycles. The van der Waals surface area contributed by atoms with Crippen molar-refractivity contribution in [1.29, 1.82) is 0 Å². The maximum Gasteiger partial charge on any atom is 0.111 e. The predicted octanol–water partition coefficient (Wildman–Crippen LogP) is 2.28. The van der Waals surface area contributed by atoms with Gasteiger partial charge in [0.15, 0.2) is 0 Å². The second kappa shape index (κ2) is 3.96. The molecule has 0 bridgehead atoms. The van der Waals surface area contributed by atoms with Gasteiger partial charge >= 0.3 is 0 Å². The van der Waals surface area contributed by atoms with Crippen molar-refractivity contribution >= 4 is 0 Å². The van der Waals surface area contributed by atoms with Crippen LogP contribution in [0.15, 0.2) is 36.6 Å². The Morgan fingerprint density at radius 2 is 1.89 bits per heavy atom. The molecule has 0 unspecified atom stereocenters. The fraction of sp³-hybridized carbons (Fsp3) is 0.250. The van der Waals surface area contributed by atoms with Crippen LogP contribution >= 0.6 is 0 Å².